The molecule has 0 aromatic heterocycles. The van der Waals surface area contributed by atoms with Gasteiger partial charge in [0.15, 0.2) is 0 Å². The van der Waals surface area contributed by atoms with Gasteiger partial charge >= 0.3 is 24.7 Å². The van der Waals surface area contributed by atoms with Crippen molar-refractivity contribution in [2.45, 2.75) is 90.5 Å². The quantitative estimate of drug-likeness (QED) is 0.173. The number of hydrogen-bond acceptors (Lipinski definition) is 7. The van der Waals surface area contributed by atoms with E-state index in [1.54, 1.807) is 26.8 Å². The van der Waals surface area contributed by atoms with Crippen LogP contribution in [-0.4, -0.2) is 16.3 Å². The Morgan fingerprint density at radius 3 is 1.30 bits per heavy atom. The molecule has 4 aromatic carbocycles. The fraction of sp³-hybridized carbons (Fsp3) is 0.350. The summed E-state index contributed by atoms with van der Waals surface area (Å²) in [6.07, 6.45) is -17.8. The van der Waals surface area contributed by atoms with Crippen LogP contribution >= 0.6 is 11.6 Å². The minimum atomic E-state index is -4.54. The van der Waals surface area contributed by atoms with E-state index in [9.17, 15) is 62.2 Å². The Kier molecular flexibility index (Phi) is 18.3. The van der Waals surface area contributed by atoms with Crippen LogP contribution in [0.15, 0.2) is 66.7 Å². The molecule has 0 atom stereocenters. The van der Waals surface area contributed by atoms with E-state index in [1.165, 1.54) is 18.2 Å². The molecular formula is C40H38ClF13N4O3. The third-order valence-electron chi connectivity index (χ3n) is 6.97. The van der Waals surface area contributed by atoms with Crippen molar-refractivity contribution in [3.05, 3.63) is 122 Å². The number of phenols is 1. The van der Waals surface area contributed by atoms with Gasteiger partial charge in [-0.15, -0.1) is 0 Å². The number of alkyl halides is 12. The molecule has 0 aliphatic heterocycles. The van der Waals surface area contributed by atoms with Crippen molar-refractivity contribution in [3.8, 4) is 29.4 Å². The fourth-order valence-corrected chi connectivity index (χ4v) is 4.56. The molecule has 7 nitrogen and oxygen atoms in total. The first-order chi connectivity index (χ1) is 27.6. The Morgan fingerprint density at radius 1 is 0.541 bits per heavy atom. The lowest BCUT2D eigenvalue weighted by atomic mass is 10.1. The Labute approximate surface area is 346 Å². The van der Waals surface area contributed by atoms with Crippen molar-refractivity contribution in [2.75, 3.05) is 0 Å². The second kappa shape index (κ2) is 20.9. The zero-order valence-corrected chi connectivity index (χ0v) is 33.6. The first-order valence-electron chi connectivity index (χ1n) is 17.0. The molecule has 0 saturated heterocycles. The lowest BCUT2D eigenvalue weighted by Crippen LogP contribution is -2.24. The maximum atomic E-state index is 12.6. The smallest absolute Gasteiger partial charge is 0.416 e. The minimum absolute atomic E-state index is 0.00926. The summed E-state index contributed by atoms with van der Waals surface area (Å²) in [6, 6.07) is 12.4. The molecule has 0 aliphatic rings. The van der Waals surface area contributed by atoms with E-state index in [0.29, 0.717) is 35.6 Å². The second-order valence-electron chi connectivity index (χ2n) is 14.2. The highest BCUT2D eigenvalue weighted by Crippen LogP contribution is 2.38. The molecule has 0 heterocycles. The summed E-state index contributed by atoms with van der Waals surface area (Å²) in [6.45, 7) is 10.6. The Balaban J connectivity index is 0.000000409. The molecule has 5 N–H and O–H groups in total. The molecule has 0 spiro atoms. The SMILES string of the molecule is CC(C)(C)Oc1ccc(C(F)(F)F)cc1C#N.CC(C)(C)Oc1ccc(C(F)(F)F)cc1CN.N#Cc1cc(C(F)(F)F)ccc1F.NCc1cc(C(F)(F)F)cc(Cl)c1O. The molecule has 4 rings (SSSR count). The van der Waals surface area contributed by atoms with Crippen LogP contribution in [0.2, 0.25) is 5.02 Å². The highest BCUT2D eigenvalue weighted by molar-refractivity contribution is 6.32. The Bertz CT molecular complexity index is 2180. The van der Waals surface area contributed by atoms with Crippen LogP contribution in [0.5, 0.6) is 17.2 Å². The minimum Gasteiger partial charge on any atom is -0.506 e. The largest absolute Gasteiger partial charge is 0.506 e. The maximum absolute atomic E-state index is 12.6. The molecule has 0 bridgehead atoms. The Morgan fingerprint density at radius 2 is 0.902 bits per heavy atom. The van der Waals surface area contributed by atoms with Crippen LogP contribution in [0.1, 0.15) is 86.1 Å². The normalized spacial score (nSPS) is 11.9. The number of rotatable bonds is 4. The van der Waals surface area contributed by atoms with Gasteiger partial charge in [-0.25, -0.2) is 4.39 Å². The average molecular weight is 905 g/mol. The first-order valence-corrected chi connectivity index (χ1v) is 17.4. The van der Waals surface area contributed by atoms with E-state index >= 15 is 0 Å². The monoisotopic (exact) mass is 904 g/mol. The van der Waals surface area contributed by atoms with Gasteiger partial charge in [-0.05, 0) is 108 Å². The van der Waals surface area contributed by atoms with Crippen molar-refractivity contribution in [2.24, 2.45) is 11.5 Å². The van der Waals surface area contributed by atoms with Crippen LogP contribution in [0.3, 0.4) is 0 Å². The number of hydrogen-bond donors (Lipinski definition) is 3. The molecule has 61 heavy (non-hydrogen) atoms. The van der Waals surface area contributed by atoms with Crippen LogP contribution in [0.4, 0.5) is 57.1 Å². The predicted molar refractivity (Wildman–Crippen MR) is 198 cm³/mol. The number of nitrogens with zero attached hydrogens (tertiary/aromatic N) is 2. The first kappa shape index (κ1) is 53.6. The number of ether oxygens (including phenoxy) is 2. The van der Waals surface area contributed by atoms with Gasteiger partial charge in [0.1, 0.15) is 46.4 Å². The molecule has 0 aliphatic carbocycles. The van der Waals surface area contributed by atoms with E-state index in [1.807, 2.05) is 20.8 Å². The van der Waals surface area contributed by atoms with Crippen LogP contribution < -0.4 is 20.9 Å². The Hall–Kier alpha value is -5.44. The molecule has 0 saturated carbocycles. The molecule has 0 unspecified atom stereocenters. The molecule has 334 valence electrons. The fourth-order valence-electron chi connectivity index (χ4n) is 4.32. The third-order valence-corrected chi connectivity index (χ3v) is 7.26. The highest BCUT2D eigenvalue weighted by atomic mass is 35.5. The summed E-state index contributed by atoms with van der Waals surface area (Å²) in [5.41, 5.74) is 5.66. The van der Waals surface area contributed by atoms with Crippen molar-refractivity contribution < 1.29 is 71.7 Å². The van der Waals surface area contributed by atoms with E-state index in [-0.39, 0.29) is 35.0 Å². The van der Waals surface area contributed by atoms with Crippen LogP contribution in [-0.2, 0) is 37.8 Å². The zero-order chi connectivity index (χ0) is 47.5. The number of phenolic OH excluding ortho intramolecular Hbond substituents is 1. The van der Waals surface area contributed by atoms with E-state index < -0.39 is 75.3 Å². The van der Waals surface area contributed by atoms with E-state index in [2.05, 4.69) is 0 Å². The van der Waals surface area contributed by atoms with Crippen LogP contribution in [0, 0.1) is 28.5 Å². The summed E-state index contributed by atoms with van der Waals surface area (Å²) in [4.78, 5) is 0. The zero-order valence-electron chi connectivity index (χ0n) is 32.9. The molecule has 4 aromatic rings. The third kappa shape index (κ3) is 18.0. The van der Waals surface area contributed by atoms with Crippen molar-refractivity contribution in [3.63, 3.8) is 0 Å². The molecular weight excluding hydrogens is 867 g/mol. The van der Waals surface area contributed by atoms with Gasteiger partial charge in [0.05, 0.1) is 38.4 Å². The van der Waals surface area contributed by atoms with Crippen LogP contribution in [0.25, 0.3) is 0 Å². The van der Waals surface area contributed by atoms with Gasteiger partial charge in [0, 0.05) is 24.2 Å². The van der Waals surface area contributed by atoms with Gasteiger partial charge in [0.2, 0.25) is 0 Å². The molecule has 0 amide bonds. The van der Waals surface area contributed by atoms with Gasteiger partial charge in [-0.1, -0.05) is 11.6 Å². The number of nitriles is 2. The van der Waals surface area contributed by atoms with E-state index in [4.69, 9.17) is 43.1 Å². The maximum Gasteiger partial charge on any atom is 0.416 e. The van der Waals surface area contributed by atoms with Gasteiger partial charge in [-0.2, -0.15) is 63.2 Å². The summed E-state index contributed by atoms with van der Waals surface area (Å²) in [7, 11) is 0. The topological polar surface area (TPSA) is 138 Å². The lowest BCUT2D eigenvalue weighted by Gasteiger charge is -2.23. The summed E-state index contributed by atoms with van der Waals surface area (Å²) < 4.78 is 171. The number of aromatic hydroxyl groups is 1. The predicted octanol–water partition coefficient (Wildman–Crippen LogP) is 12.3. The van der Waals surface area contributed by atoms with Crippen molar-refractivity contribution in [1.82, 2.24) is 0 Å². The average Bonchev–Trinajstić information content (AvgIpc) is 3.11. The van der Waals surface area contributed by atoms with Gasteiger partial charge in [-0.3, -0.25) is 0 Å². The molecule has 0 fully saturated rings. The van der Waals surface area contributed by atoms with Gasteiger partial charge in [0.25, 0.3) is 0 Å². The summed E-state index contributed by atoms with van der Waals surface area (Å²) in [5.74, 6) is -0.793. The lowest BCUT2D eigenvalue weighted by molar-refractivity contribution is -0.138. The van der Waals surface area contributed by atoms with Crippen molar-refractivity contribution >= 4 is 11.6 Å². The number of nitrogens with two attached hydrogens (primary N) is 2. The standard InChI is InChI=1S/C12H16F3NO.C12H12F3NO.C8H7ClF3NO.C8H3F4N/c2*1-11(2,3)17-10-5-4-9(12(13,14)15)6-8(10)7-16;9-6-2-5(8(10,11)12)1-4(3-13)7(6)14;9-7-2-1-6(8(10,11)12)3-5(7)4-13/h4-6H,7,16H2,1-3H3;4-6H,1-3H3;1-2,14H,3,13H2;1-3H. The summed E-state index contributed by atoms with van der Waals surface area (Å²) in [5, 5.41) is 25.9. The summed E-state index contributed by atoms with van der Waals surface area (Å²) >= 11 is 5.40. The molecule has 21 heteroatoms. The second-order valence-corrected chi connectivity index (χ2v) is 14.7. The van der Waals surface area contributed by atoms with E-state index in [0.717, 1.165) is 30.3 Å². The number of halogens is 14. The number of benzene rings is 4. The molecule has 0 radical (unpaired) electrons. The van der Waals surface area contributed by atoms with Crippen molar-refractivity contribution in [1.29, 1.82) is 10.5 Å². The highest BCUT2D eigenvalue weighted by Gasteiger charge is 2.34. The van der Waals surface area contributed by atoms with Gasteiger partial charge < -0.3 is 26.0 Å².